The van der Waals surface area contributed by atoms with E-state index < -0.39 is 0 Å². The number of nitrogens with one attached hydrogen (secondary N) is 2. The van der Waals surface area contributed by atoms with Crippen LogP contribution in [-0.2, 0) is 9.53 Å². The third-order valence-corrected chi connectivity index (χ3v) is 1.70. The molecule has 78 valence electrons. The van der Waals surface area contributed by atoms with Crippen LogP contribution in [0, 0.1) is 0 Å². The van der Waals surface area contributed by atoms with Crippen LogP contribution in [0.4, 0.5) is 0 Å². The molecule has 0 aliphatic carbocycles. The van der Waals surface area contributed by atoms with Gasteiger partial charge in [-0.25, -0.2) is 0 Å². The molecule has 0 fully saturated rings. The van der Waals surface area contributed by atoms with Gasteiger partial charge in [0, 0.05) is 26.2 Å². The van der Waals surface area contributed by atoms with Crippen LogP contribution < -0.4 is 10.6 Å². The van der Waals surface area contributed by atoms with E-state index in [0.717, 1.165) is 6.54 Å². The van der Waals surface area contributed by atoms with E-state index in [2.05, 4.69) is 24.5 Å². The highest BCUT2D eigenvalue weighted by Crippen LogP contribution is 1.85. The number of carbonyl (C=O) groups excluding carboxylic acids is 1. The van der Waals surface area contributed by atoms with Crippen molar-refractivity contribution in [2.75, 3.05) is 20.2 Å². The van der Waals surface area contributed by atoms with Crippen molar-refractivity contribution in [3.8, 4) is 0 Å². The molecule has 0 aromatic carbocycles. The van der Waals surface area contributed by atoms with E-state index in [1.807, 2.05) is 0 Å². The number of hydrogen-bond donors (Lipinski definition) is 2. The van der Waals surface area contributed by atoms with Crippen molar-refractivity contribution in [1.82, 2.24) is 10.6 Å². The maximum absolute atomic E-state index is 11.2. The highest BCUT2D eigenvalue weighted by atomic mass is 16.5. The van der Waals surface area contributed by atoms with E-state index in [9.17, 15) is 4.79 Å². The van der Waals surface area contributed by atoms with E-state index in [4.69, 9.17) is 4.74 Å². The van der Waals surface area contributed by atoms with Gasteiger partial charge in [0.15, 0.2) is 0 Å². The maximum Gasteiger partial charge on any atom is 0.248 e. The Bertz CT molecular complexity index is 149. The maximum atomic E-state index is 11.2. The fraction of sp³-hybridized carbons (Fsp3) is 0.889. The van der Waals surface area contributed by atoms with Crippen LogP contribution >= 0.6 is 0 Å². The van der Waals surface area contributed by atoms with E-state index >= 15 is 0 Å². The van der Waals surface area contributed by atoms with Crippen molar-refractivity contribution in [2.45, 2.75) is 32.9 Å². The molecule has 0 spiro atoms. The molecule has 0 saturated heterocycles. The van der Waals surface area contributed by atoms with Crippen molar-refractivity contribution >= 4 is 5.91 Å². The normalized spacial score (nSPS) is 13.0. The van der Waals surface area contributed by atoms with Crippen molar-refractivity contribution in [1.29, 1.82) is 0 Å². The molecule has 0 rings (SSSR count). The third-order valence-electron chi connectivity index (χ3n) is 1.70. The lowest BCUT2D eigenvalue weighted by molar-refractivity contribution is -0.129. The number of ether oxygens (including phenoxy) is 1. The molecule has 0 aromatic heterocycles. The molecule has 4 heteroatoms. The van der Waals surface area contributed by atoms with Crippen LogP contribution in [0.15, 0.2) is 0 Å². The predicted octanol–water partition coefficient (Wildman–Crippen LogP) is 0.136. The van der Waals surface area contributed by atoms with Gasteiger partial charge in [-0.05, 0) is 6.92 Å². The topological polar surface area (TPSA) is 50.4 Å². The summed E-state index contributed by atoms with van der Waals surface area (Å²) in [7, 11) is 1.52. The third kappa shape index (κ3) is 6.54. The summed E-state index contributed by atoms with van der Waals surface area (Å²) in [5.74, 6) is -0.0620. The Labute approximate surface area is 80.0 Å². The fourth-order valence-electron chi connectivity index (χ4n) is 0.797. The first-order valence-corrected chi connectivity index (χ1v) is 4.61. The summed E-state index contributed by atoms with van der Waals surface area (Å²) >= 11 is 0. The molecule has 1 amide bonds. The monoisotopic (exact) mass is 188 g/mol. The zero-order valence-corrected chi connectivity index (χ0v) is 8.89. The second kappa shape index (κ2) is 6.86. The van der Waals surface area contributed by atoms with Crippen molar-refractivity contribution < 1.29 is 9.53 Å². The second-order valence-electron chi connectivity index (χ2n) is 3.28. The Kier molecular flexibility index (Phi) is 6.54. The summed E-state index contributed by atoms with van der Waals surface area (Å²) in [5.41, 5.74) is 0. The predicted molar refractivity (Wildman–Crippen MR) is 52.6 cm³/mol. The summed E-state index contributed by atoms with van der Waals surface area (Å²) < 4.78 is 4.86. The molecule has 0 aromatic rings. The molecule has 4 nitrogen and oxygen atoms in total. The Morgan fingerprint density at radius 3 is 2.38 bits per heavy atom. The standard InChI is InChI=1S/C9H20N2O2/c1-7(2)10-5-6-11-9(12)8(3)13-4/h7-8,10H,5-6H2,1-4H3,(H,11,12). The van der Waals surface area contributed by atoms with Crippen LogP contribution in [0.2, 0.25) is 0 Å². The van der Waals surface area contributed by atoms with E-state index in [-0.39, 0.29) is 12.0 Å². The van der Waals surface area contributed by atoms with Crippen molar-refractivity contribution in [3.05, 3.63) is 0 Å². The Morgan fingerprint density at radius 1 is 1.31 bits per heavy atom. The largest absolute Gasteiger partial charge is 0.372 e. The molecule has 0 saturated carbocycles. The highest BCUT2D eigenvalue weighted by Gasteiger charge is 2.09. The van der Waals surface area contributed by atoms with Crippen LogP contribution in [-0.4, -0.2) is 38.3 Å². The number of amides is 1. The lowest BCUT2D eigenvalue weighted by Crippen LogP contribution is -2.39. The first kappa shape index (κ1) is 12.4. The van der Waals surface area contributed by atoms with E-state index in [0.29, 0.717) is 12.6 Å². The van der Waals surface area contributed by atoms with Gasteiger partial charge >= 0.3 is 0 Å². The number of methoxy groups -OCH3 is 1. The van der Waals surface area contributed by atoms with Gasteiger partial charge in [0.25, 0.3) is 0 Å². The van der Waals surface area contributed by atoms with Gasteiger partial charge < -0.3 is 15.4 Å². The minimum absolute atomic E-state index is 0.0620. The average molecular weight is 188 g/mol. The molecule has 13 heavy (non-hydrogen) atoms. The molecule has 1 atom stereocenters. The van der Waals surface area contributed by atoms with Gasteiger partial charge in [-0.1, -0.05) is 13.8 Å². The van der Waals surface area contributed by atoms with Crippen LogP contribution in [0.5, 0.6) is 0 Å². The van der Waals surface area contributed by atoms with E-state index in [1.165, 1.54) is 7.11 Å². The molecule has 0 bridgehead atoms. The first-order chi connectivity index (χ1) is 6.07. The van der Waals surface area contributed by atoms with Gasteiger partial charge in [-0.3, -0.25) is 4.79 Å². The van der Waals surface area contributed by atoms with Crippen molar-refractivity contribution in [2.24, 2.45) is 0 Å². The molecule has 1 unspecified atom stereocenters. The molecular formula is C9H20N2O2. The van der Waals surface area contributed by atoms with Crippen LogP contribution in [0.25, 0.3) is 0 Å². The van der Waals surface area contributed by atoms with Crippen molar-refractivity contribution in [3.63, 3.8) is 0 Å². The Hall–Kier alpha value is -0.610. The Balaban J connectivity index is 3.37. The zero-order valence-electron chi connectivity index (χ0n) is 8.89. The number of rotatable bonds is 6. The van der Waals surface area contributed by atoms with Crippen LogP contribution in [0.1, 0.15) is 20.8 Å². The minimum Gasteiger partial charge on any atom is -0.372 e. The molecule has 0 aliphatic rings. The lowest BCUT2D eigenvalue weighted by Gasteiger charge is -2.11. The number of carbonyl (C=O) groups is 1. The minimum atomic E-state index is -0.362. The molecule has 2 N–H and O–H groups in total. The second-order valence-corrected chi connectivity index (χ2v) is 3.28. The summed E-state index contributed by atoms with van der Waals surface area (Å²) in [4.78, 5) is 11.2. The summed E-state index contributed by atoms with van der Waals surface area (Å²) in [6.45, 7) is 7.30. The summed E-state index contributed by atoms with van der Waals surface area (Å²) in [6, 6.07) is 0.455. The van der Waals surface area contributed by atoms with E-state index in [1.54, 1.807) is 6.92 Å². The SMILES string of the molecule is COC(C)C(=O)NCCNC(C)C. The average Bonchev–Trinajstić information content (AvgIpc) is 2.10. The molecule has 0 aliphatic heterocycles. The van der Waals surface area contributed by atoms with Crippen LogP contribution in [0.3, 0.4) is 0 Å². The fourth-order valence-corrected chi connectivity index (χ4v) is 0.797. The summed E-state index contributed by atoms with van der Waals surface area (Å²) in [5, 5.41) is 5.96. The van der Waals surface area contributed by atoms with Gasteiger partial charge in [0.2, 0.25) is 5.91 Å². The highest BCUT2D eigenvalue weighted by molar-refractivity contribution is 5.80. The number of hydrogen-bond acceptors (Lipinski definition) is 3. The quantitative estimate of drug-likeness (QED) is 0.583. The molecule has 0 heterocycles. The zero-order chi connectivity index (χ0) is 10.3. The Morgan fingerprint density at radius 2 is 1.92 bits per heavy atom. The molecule has 0 radical (unpaired) electrons. The van der Waals surface area contributed by atoms with Gasteiger partial charge in [0.05, 0.1) is 0 Å². The summed E-state index contributed by atoms with van der Waals surface area (Å²) in [6.07, 6.45) is -0.362. The van der Waals surface area contributed by atoms with Gasteiger partial charge in [0.1, 0.15) is 6.10 Å². The lowest BCUT2D eigenvalue weighted by atomic mass is 10.3. The first-order valence-electron chi connectivity index (χ1n) is 4.61. The smallest absolute Gasteiger partial charge is 0.248 e. The molecular weight excluding hydrogens is 168 g/mol. The van der Waals surface area contributed by atoms with Gasteiger partial charge in [-0.15, -0.1) is 0 Å². The van der Waals surface area contributed by atoms with Gasteiger partial charge in [-0.2, -0.15) is 0 Å².